The predicted molar refractivity (Wildman–Crippen MR) is 70.2 cm³/mol. The molecule has 3 atom stereocenters. The van der Waals surface area contributed by atoms with E-state index < -0.39 is 0 Å². The van der Waals surface area contributed by atoms with Crippen molar-refractivity contribution in [1.82, 2.24) is 5.32 Å². The first kappa shape index (κ1) is 11.9. The normalized spacial score (nSPS) is 29.6. The van der Waals surface area contributed by atoms with Gasteiger partial charge < -0.3 is 5.32 Å². The summed E-state index contributed by atoms with van der Waals surface area (Å²) >= 11 is 6.20. The van der Waals surface area contributed by atoms with Crippen molar-refractivity contribution in [3.05, 3.63) is 34.3 Å². The molecular weight excluding hydrogens is 218 g/mol. The van der Waals surface area contributed by atoms with Crippen molar-refractivity contribution in [2.45, 2.75) is 51.6 Å². The number of benzene rings is 1. The maximum absolute atomic E-state index is 6.20. The Labute approximate surface area is 103 Å². The van der Waals surface area contributed by atoms with Crippen molar-refractivity contribution in [3.63, 3.8) is 0 Å². The zero-order valence-electron chi connectivity index (χ0n) is 10.3. The van der Waals surface area contributed by atoms with E-state index in [1.807, 2.05) is 0 Å². The predicted octanol–water partition coefficient (Wildman–Crippen LogP) is 3.89. The van der Waals surface area contributed by atoms with Crippen LogP contribution in [0.25, 0.3) is 0 Å². The molecule has 2 rings (SSSR count). The van der Waals surface area contributed by atoms with E-state index in [2.05, 4.69) is 44.3 Å². The Morgan fingerprint density at radius 2 is 2.19 bits per heavy atom. The minimum absolute atomic E-state index is 0.605. The lowest BCUT2D eigenvalue weighted by Gasteiger charge is -2.18. The van der Waals surface area contributed by atoms with E-state index in [9.17, 15) is 0 Å². The Kier molecular flexibility index (Phi) is 3.56. The van der Waals surface area contributed by atoms with E-state index in [1.165, 1.54) is 18.4 Å². The van der Waals surface area contributed by atoms with Crippen LogP contribution in [0.2, 0.25) is 5.02 Å². The molecule has 0 spiro atoms. The molecule has 1 saturated heterocycles. The van der Waals surface area contributed by atoms with Gasteiger partial charge in [-0.3, -0.25) is 0 Å². The lowest BCUT2D eigenvalue weighted by atomic mass is 9.89. The number of aryl methyl sites for hydroxylation is 1. The molecule has 1 aliphatic heterocycles. The van der Waals surface area contributed by atoms with Crippen LogP contribution < -0.4 is 5.32 Å². The average Bonchev–Trinajstić information content (AvgIpc) is 2.63. The van der Waals surface area contributed by atoms with E-state index in [4.69, 9.17) is 11.6 Å². The van der Waals surface area contributed by atoms with Crippen molar-refractivity contribution in [3.8, 4) is 0 Å². The monoisotopic (exact) mass is 237 g/mol. The second kappa shape index (κ2) is 4.77. The molecule has 0 aliphatic carbocycles. The molecule has 0 bridgehead atoms. The highest BCUT2D eigenvalue weighted by atomic mass is 35.5. The fourth-order valence-electron chi connectivity index (χ4n) is 2.71. The van der Waals surface area contributed by atoms with E-state index in [0.717, 1.165) is 10.6 Å². The molecule has 1 nitrogen and oxygen atoms in total. The molecule has 0 aromatic heterocycles. The summed E-state index contributed by atoms with van der Waals surface area (Å²) in [6.45, 7) is 6.57. The van der Waals surface area contributed by atoms with Crippen molar-refractivity contribution >= 4 is 11.6 Å². The quantitative estimate of drug-likeness (QED) is 0.823. The molecule has 1 N–H and O–H groups in total. The van der Waals surface area contributed by atoms with Gasteiger partial charge in [0.2, 0.25) is 0 Å². The summed E-state index contributed by atoms with van der Waals surface area (Å²) in [5, 5.41) is 4.54. The van der Waals surface area contributed by atoms with Gasteiger partial charge in [0, 0.05) is 23.0 Å². The first-order valence-corrected chi connectivity index (χ1v) is 6.51. The topological polar surface area (TPSA) is 12.0 Å². The van der Waals surface area contributed by atoms with Crippen molar-refractivity contribution < 1.29 is 0 Å². The summed E-state index contributed by atoms with van der Waals surface area (Å²) in [4.78, 5) is 0. The number of rotatable bonds is 2. The van der Waals surface area contributed by atoms with Gasteiger partial charge in [-0.25, -0.2) is 0 Å². The zero-order valence-corrected chi connectivity index (χ0v) is 11.0. The summed E-state index contributed by atoms with van der Waals surface area (Å²) < 4.78 is 0. The summed E-state index contributed by atoms with van der Waals surface area (Å²) in [6.07, 6.45) is 2.40. The SMILES string of the molecule is CCC1NC(C)CC1c1ccc(C)c(Cl)c1. The Morgan fingerprint density at radius 3 is 2.81 bits per heavy atom. The highest BCUT2D eigenvalue weighted by Crippen LogP contribution is 2.34. The van der Waals surface area contributed by atoms with Crippen LogP contribution in [0, 0.1) is 6.92 Å². The van der Waals surface area contributed by atoms with E-state index in [-0.39, 0.29) is 0 Å². The van der Waals surface area contributed by atoms with Gasteiger partial charge in [-0.2, -0.15) is 0 Å². The first-order valence-electron chi connectivity index (χ1n) is 6.14. The van der Waals surface area contributed by atoms with Gasteiger partial charge in [0.05, 0.1) is 0 Å². The Morgan fingerprint density at radius 1 is 1.44 bits per heavy atom. The lowest BCUT2D eigenvalue weighted by Crippen LogP contribution is -2.28. The van der Waals surface area contributed by atoms with Crippen LogP contribution in [0.1, 0.15) is 43.7 Å². The molecule has 0 saturated carbocycles. The molecule has 88 valence electrons. The third-order valence-corrected chi connectivity index (χ3v) is 4.06. The van der Waals surface area contributed by atoms with E-state index in [0.29, 0.717) is 18.0 Å². The highest BCUT2D eigenvalue weighted by Gasteiger charge is 2.31. The van der Waals surface area contributed by atoms with Crippen LogP contribution in [0.4, 0.5) is 0 Å². The maximum Gasteiger partial charge on any atom is 0.0438 e. The Bertz CT molecular complexity index is 375. The zero-order chi connectivity index (χ0) is 11.7. The second-order valence-electron chi connectivity index (χ2n) is 4.93. The number of halogens is 1. The van der Waals surface area contributed by atoms with Gasteiger partial charge in [-0.05, 0) is 43.9 Å². The Hall–Kier alpha value is -0.530. The fourth-order valence-corrected chi connectivity index (χ4v) is 2.89. The number of hydrogen-bond acceptors (Lipinski definition) is 1. The average molecular weight is 238 g/mol. The third-order valence-electron chi connectivity index (χ3n) is 3.66. The van der Waals surface area contributed by atoms with Gasteiger partial charge in [0.15, 0.2) is 0 Å². The molecular formula is C14H20ClN. The van der Waals surface area contributed by atoms with Crippen LogP contribution >= 0.6 is 11.6 Å². The van der Waals surface area contributed by atoms with Crippen LogP contribution in [-0.4, -0.2) is 12.1 Å². The molecule has 1 aliphatic rings. The summed E-state index contributed by atoms with van der Waals surface area (Å²) in [5.41, 5.74) is 2.55. The molecule has 1 heterocycles. The van der Waals surface area contributed by atoms with Crippen molar-refractivity contribution in [1.29, 1.82) is 0 Å². The smallest absolute Gasteiger partial charge is 0.0438 e. The maximum atomic E-state index is 6.20. The van der Waals surface area contributed by atoms with Gasteiger partial charge in [0.25, 0.3) is 0 Å². The number of nitrogens with one attached hydrogen (secondary N) is 1. The standard InChI is InChI=1S/C14H20ClN/c1-4-14-12(7-10(3)16-14)11-6-5-9(2)13(15)8-11/h5-6,8,10,12,14,16H,4,7H2,1-3H3. The molecule has 0 radical (unpaired) electrons. The molecule has 1 aromatic rings. The lowest BCUT2D eigenvalue weighted by molar-refractivity contribution is 0.517. The third kappa shape index (κ3) is 2.26. The highest BCUT2D eigenvalue weighted by molar-refractivity contribution is 6.31. The molecule has 1 fully saturated rings. The minimum Gasteiger partial charge on any atom is -0.311 e. The Balaban J connectivity index is 2.26. The first-order chi connectivity index (χ1) is 7.61. The largest absolute Gasteiger partial charge is 0.311 e. The molecule has 0 amide bonds. The summed E-state index contributed by atoms with van der Waals surface area (Å²) in [5.74, 6) is 0.623. The minimum atomic E-state index is 0.605. The molecule has 2 heteroatoms. The van der Waals surface area contributed by atoms with Gasteiger partial charge in [-0.1, -0.05) is 30.7 Å². The van der Waals surface area contributed by atoms with Gasteiger partial charge in [0.1, 0.15) is 0 Å². The summed E-state index contributed by atoms with van der Waals surface area (Å²) in [6, 6.07) is 7.73. The second-order valence-corrected chi connectivity index (χ2v) is 5.34. The van der Waals surface area contributed by atoms with Crippen molar-refractivity contribution in [2.75, 3.05) is 0 Å². The fraction of sp³-hybridized carbons (Fsp3) is 0.571. The van der Waals surface area contributed by atoms with Crippen molar-refractivity contribution in [2.24, 2.45) is 0 Å². The van der Waals surface area contributed by atoms with Crippen LogP contribution in [0.5, 0.6) is 0 Å². The van der Waals surface area contributed by atoms with Gasteiger partial charge in [-0.15, -0.1) is 0 Å². The molecule has 1 aromatic carbocycles. The number of hydrogen-bond donors (Lipinski definition) is 1. The molecule has 16 heavy (non-hydrogen) atoms. The van der Waals surface area contributed by atoms with E-state index in [1.54, 1.807) is 0 Å². The van der Waals surface area contributed by atoms with Crippen LogP contribution in [-0.2, 0) is 0 Å². The van der Waals surface area contributed by atoms with Gasteiger partial charge >= 0.3 is 0 Å². The van der Waals surface area contributed by atoms with E-state index >= 15 is 0 Å². The van der Waals surface area contributed by atoms with Crippen LogP contribution in [0.3, 0.4) is 0 Å². The van der Waals surface area contributed by atoms with Crippen LogP contribution in [0.15, 0.2) is 18.2 Å². The summed E-state index contributed by atoms with van der Waals surface area (Å²) in [7, 11) is 0. The molecule has 3 unspecified atom stereocenters.